The van der Waals surface area contributed by atoms with Crippen LogP contribution in [0.2, 0.25) is 0 Å². The summed E-state index contributed by atoms with van der Waals surface area (Å²) in [4.78, 5) is 42.6. The van der Waals surface area contributed by atoms with Crippen LogP contribution < -0.4 is 15.8 Å². The van der Waals surface area contributed by atoms with Gasteiger partial charge in [0.05, 0.1) is 32.0 Å². The molecular weight excluding hydrogens is 853 g/mol. The summed E-state index contributed by atoms with van der Waals surface area (Å²) in [6, 6.07) is 15.6. The van der Waals surface area contributed by atoms with E-state index in [4.69, 9.17) is 24.7 Å². The molecule has 0 radical (unpaired) electrons. The van der Waals surface area contributed by atoms with E-state index in [1.165, 1.54) is 48.6 Å². The van der Waals surface area contributed by atoms with Crippen LogP contribution in [-0.2, 0) is 41.6 Å². The number of aliphatic hydroxyl groups is 3. The average molecular weight is 915 g/mol. The number of carboxylic acid groups (broad SMARTS) is 1. The Morgan fingerprint density at radius 3 is 2.38 bits per heavy atom. The fourth-order valence-corrected chi connectivity index (χ4v) is 10.7. The first-order chi connectivity index (χ1) is 31.8. The van der Waals surface area contributed by atoms with Crippen molar-refractivity contribution < 1.29 is 69.1 Å². The number of nitrogens with one attached hydrogen (secondary N) is 1. The summed E-state index contributed by atoms with van der Waals surface area (Å²) < 4.78 is 25.8. The van der Waals surface area contributed by atoms with Crippen LogP contribution in [0.1, 0.15) is 80.0 Å². The molecule has 0 amide bonds. The van der Waals surface area contributed by atoms with Gasteiger partial charge in [0.15, 0.2) is 40.2 Å². The molecule has 66 heavy (non-hydrogen) atoms. The van der Waals surface area contributed by atoms with Crippen LogP contribution in [0.5, 0.6) is 23.0 Å². The van der Waals surface area contributed by atoms with Crippen molar-refractivity contribution in [1.82, 2.24) is 5.32 Å². The molecule has 2 bridgehead atoms. The second-order valence-electron chi connectivity index (χ2n) is 18.1. The van der Waals surface area contributed by atoms with Gasteiger partial charge in [-0.3, -0.25) is 9.59 Å². The van der Waals surface area contributed by atoms with E-state index in [1.54, 1.807) is 6.07 Å². The molecule has 7 rings (SSSR count). The number of phenolic OH excluding ortho intramolecular Hbond substituents is 3. The van der Waals surface area contributed by atoms with Crippen LogP contribution in [0, 0.1) is 11.8 Å². The number of rotatable bonds is 20. The van der Waals surface area contributed by atoms with Crippen molar-refractivity contribution in [3.8, 4) is 23.0 Å². The molecule has 0 spiro atoms. The summed E-state index contributed by atoms with van der Waals surface area (Å²) >= 11 is 0. The van der Waals surface area contributed by atoms with Gasteiger partial charge in [-0.2, -0.15) is 0 Å². The van der Waals surface area contributed by atoms with Crippen molar-refractivity contribution >= 4 is 29.7 Å². The molecule has 16 nitrogen and oxygen atoms in total. The van der Waals surface area contributed by atoms with Crippen LogP contribution in [0.4, 0.5) is 0 Å². The predicted molar refractivity (Wildman–Crippen MR) is 242 cm³/mol. The number of hydrogen-bond donors (Lipinski definition) is 9. The monoisotopic (exact) mass is 914 g/mol. The van der Waals surface area contributed by atoms with Crippen LogP contribution in [0.25, 0.3) is 12.2 Å². The van der Waals surface area contributed by atoms with Crippen molar-refractivity contribution in [2.45, 2.75) is 112 Å². The number of ether oxygens (including phenoxy) is 4. The number of carbonyl (C=O) groups is 3. The third-order valence-corrected chi connectivity index (χ3v) is 13.9. The Hall–Kier alpha value is -5.17. The molecule has 16 heteroatoms. The van der Waals surface area contributed by atoms with Gasteiger partial charge in [-0.15, -0.1) is 0 Å². The fourth-order valence-electron chi connectivity index (χ4n) is 10.7. The minimum Gasteiger partial charge on any atom is -0.504 e. The van der Waals surface area contributed by atoms with Gasteiger partial charge in [0.1, 0.15) is 30.5 Å². The summed E-state index contributed by atoms with van der Waals surface area (Å²) in [7, 11) is 0. The number of nitrogens with two attached hydrogens (primary N) is 1. The maximum atomic E-state index is 15.1. The largest absolute Gasteiger partial charge is 0.504 e. The highest BCUT2D eigenvalue weighted by molar-refractivity contribution is 6.00. The van der Waals surface area contributed by atoms with Gasteiger partial charge in [0, 0.05) is 24.9 Å². The lowest BCUT2D eigenvalue weighted by molar-refractivity contribution is -0.344. The fraction of sp³-hybridized carbons (Fsp3) is 0.500. The zero-order chi connectivity index (χ0) is 47.1. The van der Waals surface area contributed by atoms with Crippen molar-refractivity contribution in [2.75, 3.05) is 33.0 Å². The van der Waals surface area contributed by atoms with Crippen LogP contribution >= 0.6 is 0 Å². The minimum atomic E-state index is -2.27. The highest BCUT2D eigenvalue weighted by Crippen LogP contribution is 2.58. The quantitative estimate of drug-likeness (QED) is 0.0574. The van der Waals surface area contributed by atoms with E-state index in [0.717, 1.165) is 31.2 Å². The van der Waals surface area contributed by atoms with E-state index in [2.05, 4.69) is 5.32 Å². The number of phenols is 3. The number of fused-ring (bicyclic) bond motifs is 1. The Labute approximate surface area is 383 Å². The smallest absolute Gasteiger partial charge is 0.336 e. The number of carbonyl (C=O) groups excluding carboxylic acids is 2. The Morgan fingerprint density at radius 2 is 1.68 bits per heavy atom. The van der Waals surface area contributed by atoms with Crippen molar-refractivity contribution in [2.24, 2.45) is 17.6 Å². The molecule has 2 saturated carbocycles. The van der Waals surface area contributed by atoms with Gasteiger partial charge < -0.3 is 65.7 Å². The standard InChI is InChI=1S/C50H62N2O14/c51-20-21-63-42-16-13-32(22-40(42)58)12-15-37(55)30-65-49(47(61)62)26-41(59)46-50(44(28-54)52-36-8-4-5-9-36)43(49)18-19-48(66-50,25-33(29-64-46)11-10-31-6-2-1-3-7-31)45(60)17-14-34-23-38(56)39(57)24-35(34)27-53/h1-3,6-7,12-17,22-24,33,36,41,43-44,46,52-54,56-59H,4-5,8-11,18-21,25-30,51H2,(H,61,62). The van der Waals surface area contributed by atoms with E-state index in [0.29, 0.717) is 18.4 Å². The summed E-state index contributed by atoms with van der Waals surface area (Å²) in [5.41, 5.74) is 1.66. The molecule has 0 aromatic heterocycles. The summed E-state index contributed by atoms with van der Waals surface area (Å²) in [6.07, 6.45) is 6.64. The Bertz CT molecular complexity index is 2250. The maximum Gasteiger partial charge on any atom is 0.336 e. The molecule has 8 atom stereocenters. The molecular formula is C50H62N2O14. The lowest BCUT2D eigenvalue weighted by Crippen LogP contribution is -2.81. The molecule has 356 valence electrons. The summed E-state index contributed by atoms with van der Waals surface area (Å²) in [5.74, 6) is -4.92. The highest BCUT2D eigenvalue weighted by atomic mass is 16.6. The SMILES string of the molecule is NCCOc1ccc(C=CC(=O)COC2(C(=O)O)CC(O)C3OCC(CCc4ccccc4)CC4(C(=O)C=Cc5cc(O)c(O)cc5CO)CCC2C3(C(CO)NC2CCCC2)O4)cc1O. The third-order valence-electron chi connectivity index (χ3n) is 13.9. The van der Waals surface area contributed by atoms with Crippen LogP contribution in [0.3, 0.4) is 0 Å². The lowest BCUT2D eigenvalue weighted by atomic mass is 9.55. The molecule has 3 aromatic rings. The number of aliphatic hydroxyl groups excluding tert-OH is 3. The zero-order valence-corrected chi connectivity index (χ0v) is 36.9. The van der Waals surface area contributed by atoms with E-state index in [-0.39, 0.29) is 73.6 Å². The Morgan fingerprint density at radius 1 is 0.924 bits per heavy atom. The molecule has 4 fully saturated rings. The number of aryl methyl sites for hydroxylation is 1. The predicted octanol–water partition coefficient (Wildman–Crippen LogP) is 3.94. The van der Waals surface area contributed by atoms with Gasteiger partial charge >= 0.3 is 5.97 Å². The molecule has 2 heterocycles. The molecule has 2 aliphatic heterocycles. The second kappa shape index (κ2) is 21.2. The highest BCUT2D eigenvalue weighted by Gasteiger charge is 2.73. The Balaban J connectivity index is 1.28. The number of ketones is 2. The summed E-state index contributed by atoms with van der Waals surface area (Å²) in [5, 5.41) is 79.6. The normalized spacial score (nSPS) is 28.2. The average Bonchev–Trinajstić information content (AvgIpc) is 3.83. The Kier molecular flexibility index (Phi) is 15.7. The molecule has 10 N–H and O–H groups in total. The molecule has 4 aliphatic rings. The molecule has 2 saturated heterocycles. The maximum absolute atomic E-state index is 15.1. The number of aromatic hydroxyl groups is 3. The van der Waals surface area contributed by atoms with Gasteiger partial charge in [0.25, 0.3) is 0 Å². The van der Waals surface area contributed by atoms with E-state index in [9.17, 15) is 45.3 Å². The third kappa shape index (κ3) is 10.2. The van der Waals surface area contributed by atoms with Crippen molar-refractivity contribution in [1.29, 1.82) is 0 Å². The van der Waals surface area contributed by atoms with Gasteiger partial charge in [-0.1, -0.05) is 61.4 Å². The summed E-state index contributed by atoms with van der Waals surface area (Å²) in [6.45, 7) is -1.32. The first-order valence-electron chi connectivity index (χ1n) is 22.8. The minimum absolute atomic E-state index is 0.0107. The van der Waals surface area contributed by atoms with E-state index >= 15 is 4.79 Å². The van der Waals surface area contributed by atoms with Gasteiger partial charge in [-0.05, 0) is 110 Å². The van der Waals surface area contributed by atoms with E-state index in [1.807, 2.05) is 30.3 Å². The first kappa shape index (κ1) is 48.8. The molecule has 8 unspecified atom stereocenters. The number of aliphatic carboxylic acids is 1. The molecule has 3 aromatic carbocycles. The number of carboxylic acids is 1. The van der Waals surface area contributed by atoms with Gasteiger partial charge in [0.2, 0.25) is 0 Å². The number of hydrogen-bond acceptors (Lipinski definition) is 15. The van der Waals surface area contributed by atoms with Crippen molar-refractivity contribution in [3.05, 3.63) is 95.1 Å². The lowest BCUT2D eigenvalue weighted by Gasteiger charge is -2.65. The van der Waals surface area contributed by atoms with Crippen molar-refractivity contribution in [3.63, 3.8) is 0 Å². The van der Waals surface area contributed by atoms with Crippen LogP contribution in [-0.4, -0.2) is 127 Å². The second-order valence-corrected chi connectivity index (χ2v) is 18.1. The van der Waals surface area contributed by atoms with E-state index < -0.39 is 96.2 Å². The van der Waals surface area contributed by atoms with Crippen LogP contribution in [0.15, 0.2) is 72.8 Å². The topological polar surface area (TPSA) is 268 Å². The number of benzene rings is 3. The van der Waals surface area contributed by atoms with Gasteiger partial charge in [-0.25, -0.2) is 4.79 Å². The zero-order valence-electron chi connectivity index (χ0n) is 36.9. The first-order valence-corrected chi connectivity index (χ1v) is 22.8. The molecule has 2 aliphatic carbocycles.